The molecule has 3 nitrogen and oxygen atoms in total. The molecule has 0 unspecified atom stereocenters. The largest absolute Gasteiger partial charge is 0.325 e. The van der Waals surface area contributed by atoms with Gasteiger partial charge in [-0.25, -0.2) is 0 Å². The Balaban J connectivity index is 0.000000500. The summed E-state index contributed by atoms with van der Waals surface area (Å²) in [6.07, 6.45) is 0.671. The van der Waals surface area contributed by atoms with Crippen LogP contribution in [0.5, 0.6) is 0 Å². The standard InChI is InChI=1S/C5H7NO2S.Na/c7-4-3-5-6(4)1-2-8-9-5;/h5H,1-3H2;/t5-;/m1./s1. The number of nitrogens with zero attached hydrogens (tertiary/aromatic N) is 1. The van der Waals surface area contributed by atoms with Gasteiger partial charge < -0.3 is 9.08 Å². The summed E-state index contributed by atoms with van der Waals surface area (Å²) in [7, 11) is 0. The first-order valence-corrected chi connectivity index (χ1v) is 3.76. The first-order chi connectivity index (χ1) is 4.38. The van der Waals surface area contributed by atoms with Gasteiger partial charge in [0.1, 0.15) is 5.37 Å². The van der Waals surface area contributed by atoms with E-state index in [0.29, 0.717) is 18.4 Å². The Hall–Kier alpha value is 0.780. The van der Waals surface area contributed by atoms with E-state index in [1.165, 1.54) is 12.0 Å². The molecule has 0 aliphatic carbocycles. The molecule has 2 aliphatic heterocycles. The molecule has 5 heteroatoms. The van der Waals surface area contributed by atoms with Gasteiger partial charge >= 0.3 is 0 Å². The molecule has 0 aromatic rings. The molecule has 2 saturated heterocycles. The molecule has 51 valence electrons. The molecule has 0 bridgehead atoms. The van der Waals surface area contributed by atoms with Crippen LogP contribution in [0.15, 0.2) is 0 Å². The molecule has 2 aliphatic rings. The Labute approximate surface area is 86.0 Å². The molecular formula is C5H7NNaO2S. The quantitative estimate of drug-likeness (QED) is 0.286. The van der Waals surface area contributed by atoms with E-state index >= 15 is 0 Å². The molecule has 1 atom stereocenters. The van der Waals surface area contributed by atoms with Crippen molar-refractivity contribution in [1.29, 1.82) is 0 Å². The zero-order valence-corrected chi connectivity index (χ0v) is 8.69. The maximum Gasteiger partial charge on any atom is 0.226 e. The minimum atomic E-state index is 0. The summed E-state index contributed by atoms with van der Waals surface area (Å²) in [4.78, 5) is 12.6. The van der Waals surface area contributed by atoms with Crippen molar-refractivity contribution in [2.75, 3.05) is 13.2 Å². The Morgan fingerprint density at radius 2 is 2.50 bits per heavy atom. The third-order valence-corrected chi connectivity index (χ3v) is 2.56. The fourth-order valence-electron chi connectivity index (χ4n) is 1.04. The number of carbonyl (C=O) groups excluding carboxylic acids is 1. The van der Waals surface area contributed by atoms with Gasteiger partial charge in [-0.05, 0) is 0 Å². The van der Waals surface area contributed by atoms with E-state index in [0.717, 1.165) is 6.54 Å². The van der Waals surface area contributed by atoms with Gasteiger partial charge in [-0.3, -0.25) is 4.79 Å². The summed E-state index contributed by atoms with van der Waals surface area (Å²) in [6, 6.07) is 0. The first kappa shape index (κ1) is 8.87. The minimum absolute atomic E-state index is 0. The second-order valence-corrected chi connectivity index (χ2v) is 3.14. The fourth-order valence-corrected chi connectivity index (χ4v) is 1.91. The fraction of sp³-hybridized carbons (Fsp3) is 0.800. The van der Waals surface area contributed by atoms with Gasteiger partial charge in [0.15, 0.2) is 0 Å². The van der Waals surface area contributed by atoms with Crippen molar-refractivity contribution >= 4 is 47.5 Å². The first-order valence-electron chi connectivity index (χ1n) is 2.96. The van der Waals surface area contributed by atoms with Crippen molar-refractivity contribution in [3.05, 3.63) is 0 Å². The molecule has 0 spiro atoms. The number of β-lactam (4-membered cyclic amide) rings is 1. The van der Waals surface area contributed by atoms with Crippen LogP contribution in [-0.4, -0.2) is 58.9 Å². The van der Waals surface area contributed by atoms with Crippen LogP contribution in [-0.2, 0) is 8.98 Å². The van der Waals surface area contributed by atoms with E-state index in [2.05, 4.69) is 0 Å². The van der Waals surface area contributed by atoms with Gasteiger partial charge in [-0.1, -0.05) is 0 Å². The van der Waals surface area contributed by atoms with Crippen LogP contribution in [0.2, 0.25) is 0 Å². The molecule has 0 aromatic carbocycles. The zero-order chi connectivity index (χ0) is 6.27. The van der Waals surface area contributed by atoms with Crippen LogP contribution in [0.1, 0.15) is 6.42 Å². The third-order valence-electron chi connectivity index (χ3n) is 1.61. The van der Waals surface area contributed by atoms with Gasteiger partial charge in [0.05, 0.1) is 13.0 Å². The summed E-state index contributed by atoms with van der Waals surface area (Å²) in [5.74, 6) is 0.274. The van der Waals surface area contributed by atoms with E-state index < -0.39 is 0 Å². The molecule has 2 rings (SSSR count). The van der Waals surface area contributed by atoms with E-state index in [9.17, 15) is 4.79 Å². The third kappa shape index (κ3) is 1.36. The smallest absolute Gasteiger partial charge is 0.226 e. The topological polar surface area (TPSA) is 29.5 Å². The summed E-state index contributed by atoms with van der Waals surface area (Å²) >= 11 is 1.42. The summed E-state index contributed by atoms with van der Waals surface area (Å²) in [5, 5.41) is 0.339. The maximum atomic E-state index is 10.7. The van der Waals surface area contributed by atoms with Crippen molar-refractivity contribution in [1.82, 2.24) is 4.90 Å². The summed E-state index contributed by atoms with van der Waals surface area (Å²) in [6.45, 7) is 1.48. The SMILES string of the molecule is O=C1C[C@H]2SOCCN12.[Na]. The minimum Gasteiger partial charge on any atom is -0.325 e. The van der Waals surface area contributed by atoms with Gasteiger partial charge in [-0.15, -0.1) is 0 Å². The van der Waals surface area contributed by atoms with Crippen molar-refractivity contribution in [2.24, 2.45) is 0 Å². The van der Waals surface area contributed by atoms with Crippen LogP contribution < -0.4 is 0 Å². The van der Waals surface area contributed by atoms with Gasteiger partial charge in [0.2, 0.25) is 5.91 Å². The van der Waals surface area contributed by atoms with Crippen molar-refractivity contribution < 1.29 is 8.98 Å². The second-order valence-electron chi connectivity index (χ2n) is 2.16. The molecule has 0 N–H and O–H groups in total. The number of fused-ring (bicyclic) bond motifs is 1. The summed E-state index contributed by atoms with van der Waals surface area (Å²) in [5.41, 5.74) is 0. The Kier molecular flexibility index (Phi) is 3.06. The Bertz CT molecular complexity index is 155. The summed E-state index contributed by atoms with van der Waals surface area (Å²) < 4.78 is 5.07. The Morgan fingerprint density at radius 3 is 3.00 bits per heavy atom. The molecular weight excluding hydrogens is 161 g/mol. The van der Waals surface area contributed by atoms with Gasteiger partial charge in [0.25, 0.3) is 0 Å². The molecule has 2 fully saturated rings. The average molecular weight is 168 g/mol. The predicted octanol–water partition coefficient (Wildman–Crippen LogP) is -0.158. The number of carbonyl (C=O) groups is 1. The van der Waals surface area contributed by atoms with E-state index in [4.69, 9.17) is 4.18 Å². The number of amides is 1. The molecule has 0 saturated carbocycles. The van der Waals surface area contributed by atoms with Crippen LogP contribution >= 0.6 is 12.0 Å². The van der Waals surface area contributed by atoms with Crippen molar-refractivity contribution in [3.63, 3.8) is 0 Å². The van der Waals surface area contributed by atoms with Crippen LogP contribution in [0.4, 0.5) is 0 Å². The molecule has 2 heterocycles. The van der Waals surface area contributed by atoms with Crippen molar-refractivity contribution in [3.8, 4) is 0 Å². The van der Waals surface area contributed by atoms with E-state index in [1.807, 2.05) is 4.90 Å². The van der Waals surface area contributed by atoms with Crippen molar-refractivity contribution in [2.45, 2.75) is 11.8 Å². The zero-order valence-electron chi connectivity index (χ0n) is 5.87. The van der Waals surface area contributed by atoms with Crippen LogP contribution in [0.3, 0.4) is 0 Å². The van der Waals surface area contributed by atoms with E-state index in [-0.39, 0.29) is 35.5 Å². The normalized spacial score (nSPS) is 30.2. The number of hydrogen-bond donors (Lipinski definition) is 0. The molecule has 1 amide bonds. The van der Waals surface area contributed by atoms with Gasteiger partial charge in [-0.2, -0.15) is 0 Å². The molecule has 1 radical (unpaired) electrons. The molecule has 10 heavy (non-hydrogen) atoms. The van der Waals surface area contributed by atoms with E-state index in [1.54, 1.807) is 0 Å². The average Bonchev–Trinajstić information content (AvgIpc) is 1.86. The predicted molar refractivity (Wildman–Crippen MR) is 39.4 cm³/mol. The second kappa shape index (κ2) is 3.45. The number of rotatable bonds is 0. The monoisotopic (exact) mass is 168 g/mol. The van der Waals surface area contributed by atoms with Crippen LogP contribution in [0, 0.1) is 0 Å². The Morgan fingerprint density at radius 1 is 1.70 bits per heavy atom. The molecule has 0 aromatic heterocycles. The number of hydrogen-bond acceptors (Lipinski definition) is 3. The maximum absolute atomic E-state index is 10.7. The van der Waals surface area contributed by atoms with Gasteiger partial charge in [0, 0.05) is 48.1 Å². The van der Waals surface area contributed by atoms with Crippen LogP contribution in [0.25, 0.3) is 0 Å².